The fourth-order valence-corrected chi connectivity index (χ4v) is 4.87. The Morgan fingerprint density at radius 3 is 2.11 bits per heavy atom. The number of carbonyl (C=O) groups is 1. The number of hydrogen-bond acceptors (Lipinski definition) is 5. The third kappa shape index (κ3) is 4.81. The van der Waals surface area contributed by atoms with Crippen LogP contribution in [0.5, 0.6) is 0 Å². The standard InChI is InChI=1S/C27H24N2O3.C2H4O2/c1-4-14-27(15-5-2)24-16-19(26(28-30)21-9-7-6-8-18(21)3)10-12-22(24)23-13-11-20(29(31)32)17-25(23)27;1-2(3)4/h4-13,16-17,30H,1-2,14-15H2,3H3;1H3,(H,3,4). The van der Waals surface area contributed by atoms with Gasteiger partial charge in [-0.15, -0.1) is 13.2 Å². The van der Waals surface area contributed by atoms with Gasteiger partial charge in [0.25, 0.3) is 11.7 Å². The zero-order valence-electron chi connectivity index (χ0n) is 20.3. The summed E-state index contributed by atoms with van der Waals surface area (Å²) in [6.45, 7) is 11.0. The second-order valence-corrected chi connectivity index (χ2v) is 8.60. The number of carboxylic acids is 1. The molecule has 3 aromatic carbocycles. The Morgan fingerprint density at radius 1 is 1.03 bits per heavy atom. The fourth-order valence-electron chi connectivity index (χ4n) is 4.87. The molecule has 0 bridgehead atoms. The average Bonchev–Trinajstić information content (AvgIpc) is 3.10. The molecular weight excluding hydrogens is 456 g/mol. The summed E-state index contributed by atoms with van der Waals surface area (Å²) in [5.41, 5.74) is 6.57. The van der Waals surface area contributed by atoms with Crippen LogP contribution in [0.25, 0.3) is 11.1 Å². The van der Waals surface area contributed by atoms with Crippen LogP contribution in [-0.2, 0) is 10.2 Å². The first-order valence-corrected chi connectivity index (χ1v) is 11.3. The second kappa shape index (κ2) is 10.8. The Morgan fingerprint density at radius 2 is 1.58 bits per heavy atom. The van der Waals surface area contributed by atoms with Gasteiger partial charge in [-0.05, 0) is 59.7 Å². The number of benzene rings is 3. The first-order chi connectivity index (χ1) is 17.2. The molecule has 7 nitrogen and oxygen atoms in total. The summed E-state index contributed by atoms with van der Waals surface area (Å²) in [6.07, 6.45) is 4.88. The number of carboxylic acid groups (broad SMARTS) is 1. The van der Waals surface area contributed by atoms with Crippen molar-refractivity contribution < 1.29 is 20.0 Å². The maximum atomic E-state index is 11.5. The number of oxime groups is 1. The van der Waals surface area contributed by atoms with Gasteiger partial charge in [0, 0.05) is 35.6 Å². The van der Waals surface area contributed by atoms with Crippen LogP contribution < -0.4 is 0 Å². The Kier molecular flexibility index (Phi) is 7.84. The van der Waals surface area contributed by atoms with Crippen molar-refractivity contribution in [1.82, 2.24) is 0 Å². The van der Waals surface area contributed by atoms with E-state index in [2.05, 4.69) is 18.3 Å². The molecule has 0 atom stereocenters. The molecule has 0 radical (unpaired) electrons. The van der Waals surface area contributed by atoms with E-state index in [-0.39, 0.29) is 10.6 Å². The summed E-state index contributed by atoms with van der Waals surface area (Å²) in [5.74, 6) is -0.833. The van der Waals surface area contributed by atoms with Gasteiger partial charge in [0.1, 0.15) is 5.71 Å². The highest BCUT2D eigenvalue weighted by Gasteiger charge is 2.42. The predicted molar refractivity (Wildman–Crippen MR) is 141 cm³/mol. The Balaban J connectivity index is 0.000000840. The molecule has 2 N–H and O–H groups in total. The van der Waals surface area contributed by atoms with E-state index in [4.69, 9.17) is 9.90 Å². The van der Waals surface area contributed by atoms with Gasteiger partial charge in [-0.25, -0.2) is 0 Å². The highest BCUT2D eigenvalue weighted by atomic mass is 16.6. The minimum absolute atomic E-state index is 0.0619. The first-order valence-electron chi connectivity index (χ1n) is 11.3. The van der Waals surface area contributed by atoms with Crippen LogP contribution in [0.15, 0.2) is 91.1 Å². The summed E-state index contributed by atoms with van der Waals surface area (Å²) < 4.78 is 0. The van der Waals surface area contributed by atoms with Crippen molar-refractivity contribution in [3.8, 4) is 11.1 Å². The third-order valence-electron chi connectivity index (χ3n) is 6.31. The number of aliphatic carboxylic acids is 1. The van der Waals surface area contributed by atoms with Gasteiger partial charge in [0.15, 0.2) is 0 Å². The third-order valence-corrected chi connectivity index (χ3v) is 6.31. The number of hydrogen-bond donors (Lipinski definition) is 2. The molecule has 1 aliphatic rings. The Labute approximate surface area is 209 Å². The molecule has 0 aliphatic heterocycles. The maximum Gasteiger partial charge on any atom is 0.300 e. The van der Waals surface area contributed by atoms with Crippen LogP contribution in [0.3, 0.4) is 0 Å². The van der Waals surface area contributed by atoms with Gasteiger partial charge < -0.3 is 10.3 Å². The Hall–Kier alpha value is -4.52. The van der Waals surface area contributed by atoms with E-state index in [1.807, 2.05) is 67.6 Å². The van der Waals surface area contributed by atoms with E-state index >= 15 is 0 Å². The van der Waals surface area contributed by atoms with Crippen molar-refractivity contribution in [1.29, 1.82) is 0 Å². The fraction of sp³-hybridized carbons (Fsp3) is 0.172. The van der Waals surface area contributed by atoms with Gasteiger partial charge in [-0.3, -0.25) is 14.9 Å². The molecule has 3 aromatic rings. The molecule has 0 unspecified atom stereocenters. The maximum absolute atomic E-state index is 11.5. The van der Waals surface area contributed by atoms with Crippen LogP contribution in [0.1, 0.15) is 47.6 Å². The normalized spacial score (nSPS) is 13.0. The minimum atomic E-state index is -0.833. The number of nitro groups is 1. The number of rotatable bonds is 7. The van der Waals surface area contributed by atoms with Crippen molar-refractivity contribution >= 4 is 17.4 Å². The van der Waals surface area contributed by atoms with E-state index in [0.717, 1.165) is 45.9 Å². The predicted octanol–water partition coefficient (Wildman–Crippen LogP) is 6.64. The SMILES string of the molecule is C=CCC1(CC=C)c2cc(C(=NO)c3ccccc3C)ccc2-c2ccc([N+](=O)[O-])cc21.CC(=O)O. The molecule has 0 spiro atoms. The number of nitrogens with zero attached hydrogens (tertiary/aromatic N) is 2. The van der Waals surface area contributed by atoms with E-state index in [1.54, 1.807) is 12.1 Å². The zero-order valence-corrected chi connectivity index (χ0v) is 20.3. The van der Waals surface area contributed by atoms with E-state index in [9.17, 15) is 15.3 Å². The lowest BCUT2D eigenvalue weighted by molar-refractivity contribution is -0.384. The molecule has 184 valence electrons. The van der Waals surface area contributed by atoms with Gasteiger partial charge in [0.05, 0.1) is 4.92 Å². The van der Waals surface area contributed by atoms with Gasteiger partial charge in [-0.1, -0.05) is 53.7 Å². The largest absolute Gasteiger partial charge is 0.481 e. The second-order valence-electron chi connectivity index (χ2n) is 8.60. The van der Waals surface area contributed by atoms with E-state index < -0.39 is 11.4 Å². The van der Waals surface area contributed by atoms with Crippen LogP contribution in [0.2, 0.25) is 0 Å². The summed E-state index contributed by atoms with van der Waals surface area (Å²) in [5, 5.41) is 32.4. The first kappa shape index (κ1) is 26.1. The smallest absolute Gasteiger partial charge is 0.300 e. The lowest BCUT2D eigenvalue weighted by atomic mass is 9.72. The van der Waals surface area contributed by atoms with Crippen molar-refractivity contribution in [3.63, 3.8) is 0 Å². The molecule has 7 heteroatoms. The van der Waals surface area contributed by atoms with Crippen LogP contribution >= 0.6 is 0 Å². The lowest BCUT2D eigenvalue weighted by Crippen LogP contribution is -2.24. The summed E-state index contributed by atoms with van der Waals surface area (Å²) in [4.78, 5) is 20.1. The molecule has 0 saturated carbocycles. The highest BCUT2D eigenvalue weighted by Crippen LogP contribution is 2.54. The van der Waals surface area contributed by atoms with Crippen LogP contribution in [-0.4, -0.2) is 26.9 Å². The summed E-state index contributed by atoms with van der Waals surface area (Å²) >= 11 is 0. The Bertz CT molecular complexity index is 1360. The van der Waals surface area contributed by atoms with Crippen molar-refractivity contribution in [2.45, 2.75) is 32.1 Å². The number of nitro benzene ring substituents is 1. The molecular formula is C29H28N2O5. The quantitative estimate of drug-likeness (QED) is 0.128. The monoisotopic (exact) mass is 484 g/mol. The molecule has 0 fully saturated rings. The molecule has 0 saturated heterocycles. The lowest BCUT2D eigenvalue weighted by Gasteiger charge is -2.30. The van der Waals surface area contributed by atoms with E-state index in [1.165, 1.54) is 0 Å². The molecule has 36 heavy (non-hydrogen) atoms. The van der Waals surface area contributed by atoms with Gasteiger partial charge in [-0.2, -0.15) is 0 Å². The molecule has 4 rings (SSSR count). The van der Waals surface area contributed by atoms with Crippen LogP contribution in [0.4, 0.5) is 5.69 Å². The van der Waals surface area contributed by atoms with Crippen molar-refractivity contribution in [2.75, 3.05) is 0 Å². The van der Waals surface area contributed by atoms with Crippen LogP contribution in [0, 0.1) is 17.0 Å². The van der Waals surface area contributed by atoms with E-state index in [0.29, 0.717) is 18.6 Å². The summed E-state index contributed by atoms with van der Waals surface area (Å²) in [6, 6.07) is 18.8. The minimum Gasteiger partial charge on any atom is -0.481 e. The van der Waals surface area contributed by atoms with Gasteiger partial charge >= 0.3 is 0 Å². The van der Waals surface area contributed by atoms with Crippen molar-refractivity contribution in [2.24, 2.45) is 5.16 Å². The van der Waals surface area contributed by atoms with Gasteiger partial charge in [0.2, 0.25) is 0 Å². The number of non-ortho nitro benzene ring substituents is 1. The molecule has 0 aromatic heterocycles. The average molecular weight is 485 g/mol. The summed E-state index contributed by atoms with van der Waals surface area (Å²) in [7, 11) is 0. The number of fused-ring (bicyclic) bond motifs is 3. The van der Waals surface area contributed by atoms with Crippen molar-refractivity contribution in [3.05, 3.63) is 124 Å². The molecule has 1 aliphatic carbocycles. The zero-order chi connectivity index (χ0) is 26.5. The highest BCUT2D eigenvalue weighted by molar-refractivity contribution is 6.14. The number of allylic oxidation sites excluding steroid dienone is 2. The number of aryl methyl sites for hydroxylation is 1. The molecule has 0 heterocycles. The topological polar surface area (TPSA) is 113 Å². The molecule has 0 amide bonds.